The summed E-state index contributed by atoms with van der Waals surface area (Å²) in [6.07, 6.45) is 1.11. The Bertz CT molecular complexity index is 1480. The predicted octanol–water partition coefficient (Wildman–Crippen LogP) is 4.27. The van der Waals surface area contributed by atoms with Gasteiger partial charge in [-0.25, -0.2) is 12.8 Å². The molecule has 0 bridgehead atoms. The van der Waals surface area contributed by atoms with Gasteiger partial charge in [-0.1, -0.05) is 29.8 Å². The number of carbonyl (C=O) groups is 1. The fraction of sp³-hybridized carbons (Fsp3) is 0.0435. The first kappa shape index (κ1) is 21.7. The minimum absolute atomic E-state index is 0.143. The molecule has 1 aromatic heterocycles. The van der Waals surface area contributed by atoms with Gasteiger partial charge < -0.3 is 9.88 Å². The minimum Gasteiger partial charge on any atom is -0.336 e. The van der Waals surface area contributed by atoms with Crippen LogP contribution in [0.5, 0.6) is 0 Å². The van der Waals surface area contributed by atoms with E-state index in [2.05, 4.69) is 5.32 Å². The summed E-state index contributed by atoms with van der Waals surface area (Å²) in [4.78, 5) is 24.9. The summed E-state index contributed by atoms with van der Waals surface area (Å²) in [5.41, 5.74) is -0.0632. The van der Waals surface area contributed by atoms with E-state index in [4.69, 9.17) is 11.6 Å². The molecule has 1 heterocycles. The molecule has 0 aliphatic rings. The Hall–Kier alpha value is -3.49. The number of sulfone groups is 1. The number of anilines is 1. The van der Waals surface area contributed by atoms with Crippen molar-refractivity contribution in [3.05, 3.63) is 100 Å². The number of hydrogen-bond acceptors (Lipinski definition) is 4. The van der Waals surface area contributed by atoms with Crippen molar-refractivity contribution in [3.8, 4) is 0 Å². The second kappa shape index (κ2) is 8.57. The lowest BCUT2D eigenvalue weighted by Gasteiger charge is -2.14. The summed E-state index contributed by atoms with van der Waals surface area (Å²) < 4.78 is 41.6. The van der Waals surface area contributed by atoms with Crippen LogP contribution in [-0.2, 0) is 21.2 Å². The highest BCUT2D eigenvalue weighted by Crippen LogP contribution is 2.23. The van der Waals surface area contributed by atoms with Crippen molar-refractivity contribution >= 4 is 43.9 Å². The van der Waals surface area contributed by atoms with Gasteiger partial charge in [0.05, 0.1) is 10.4 Å². The summed E-state index contributed by atoms with van der Waals surface area (Å²) in [7, 11) is -4.25. The molecular formula is C23H16ClFN2O4S. The van der Waals surface area contributed by atoms with Crippen LogP contribution in [-0.4, -0.2) is 18.9 Å². The molecule has 0 fully saturated rings. The molecule has 0 spiro atoms. The van der Waals surface area contributed by atoms with E-state index >= 15 is 0 Å². The number of benzene rings is 3. The van der Waals surface area contributed by atoms with Crippen LogP contribution in [0.3, 0.4) is 0 Å². The lowest BCUT2D eigenvalue weighted by molar-refractivity contribution is -0.116. The van der Waals surface area contributed by atoms with E-state index in [-0.39, 0.29) is 22.3 Å². The zero-order valence-corrected chi connectivity index (χ0v) is 18.0. The van der Waals surface area contributed by atoms with Gasteiger partial charge in [0, 0.05) is 22.3 Å². The van der Waals surface area contributed by atoms with E-state index in [0.29, 0.717) is 10.7 Å². The van der Waals surface area contributed by atoms with Gasteiger partial charge in [0.2, 0.25) is 21.2 Å². The molecule has 9 heteroatoms. The van der Waals surface area contributed by atoms with E-state index in [9.17, 15) is 22.4 Å². The third kappa shape index (κ3) is 4.28. The number of nitrogens with one attached hydrogen (secondary N) is 1. The van der Waals surface area contributed by atoms with Gasteiger partial charge in [0.25, 0.3) is 0 Å². The molecule has 0 unspecified atom stereocenters. The Labute approximate surface area is 187 Å². The Morgan fingerprint density at radius 3 is 2.38 bits per heavy atom. The van der Waals surface area contributed by atoms with E-state index < -0.39 is 31.9 Å². The number of carbonyl (C=O) groups excluding carboxylic acids is 1. The average molecular weight is 471 g/mol. The molecule has 0 saturated heterocycles. The van der Waals surface area contributed by atoms with Gasteiger partial charge >= 0.3 is 0 Å². The normalized spacial score (nSPS) is 11.4. The molecule has 4 aromatic rings. The van der Waals surface area contributed by atoms with Gasteiger partial charge in [-0.05, 0) is 54.6 Å². The van der Waals surface area contributed by atoms with Crippen molar-refractivity contribution in [1.29, 1.82) is 0 Å². The highest BCUT2D eigenvalue weighted by molar-refractivity contribution is 7.91. The van der Waals surface area contributed by atoms with E-state index in [0.717, 1.165) is 18.3 Å². The van der Waals surface area contributed by atoms with Crippen LogP contribution >= 0.6 is 11.6 Å². The number of rotatable bonds is 5. The van der Waals surface area contributed by atoms with Crippen molar-refractivity contribution in [2.45, 2.75) is 16.3 Å². The Kier molecular flexibility index (Phi) is 5.82. The van der Waals surface area contributed by atoms with Gasteiger partial charge in [-0.2, -0.15) is 0 Å². The largest absolute Gasteiger partial charge is 0.336 e. The number of para-hydroxylation sites is 1. The molecule has 0 radical (unpaired) electrons. The van der Waals surface area contributed by atoms with E-state index in [1.54, 1.807) is 30.3 Å². The molecule has 1 amide bonds. The molecule has 0 saturated carbocycles. The number of halogens is 2. The first-order chi connectivity index (χ1) is 15.3. The molecule has 32 heavy (non-hydrogen) atoms. The van der Waals surface area contributed by atoms with Crippen LogP contribution in [0.15, 0.2) is 93.6 Å². The van der Waals surface area contributed by atoms with Crippen molar-refractivity contribution in [3.63, 3.8) is 0 Å². The van der Waals surface area contributed by atoms with Crippen LogP contribution in [0.1, 0.15) is 0 Å². The zero-order valence-electron chi connectivity index (χ0n) is 16.5. The number of aromatic nitrogens is 1. The fourth-order valence-electron chi connectivity index (χ4n) is 3.28. The number of amides is 1. The molecule has 0 aliphatic carbocycles. The predicted molar refractivity (Wildman–Crippen MR) is 120 cm³/mol. The summed E-state index contributed by atoms with van der Waals surface area (Å²) in [5.74, 6) is -1.14. The number of hydrogen-bond donors (Lipinski definition) is 1. The quantitative estimate of drug-likeness (QED) is 0.472. The lowest BCUT2D eigenvalue weighted by atomic mass is 10.2. The molecule has 4 rings (SSSR count). The molecule has 162 valence electrons. The smallest absolute Gasteiger partial charge is 0.244 e. The Morgan fingerprint density at radius 1 is 1.00 bits per heavy atom. The third-order valence-corrected chi connectivity index (χ3v) is 6.81. The maximum Gasteiger partial charge on any atom is 0.244 e. The maximum atomic E-state index is 13.9. The minimum atomic E-state index is -4.25. The molecule has 6 nitrogen and oxygen atoms in total. The van der Waals surface area contributed by atoms with Crippen LogP contribution in [0.25, 0.3) is 10.9 Å². The molecule has 3 aromatic carbocycles. The van der Waals surface area contributed by atoms with Crippen molar-refractivity contribution in [1.82, 2.24) is 4.57 Å². The summed E-state index contributed by atoms with van der Waals surface area (Å²) in [6.45, 7) is -0.291. The van der Waals surface area contributed by atoms with Crippen molar-refractivity contribution < 1.29 is 17.6 Å². The standard InChI is InChI=1S/C23H16ClFN2O4S/c24-15-6-9-18(10-7-15)32(30,31)21-13-27(14-22(28)26-17-4-2-1-3-5-17)20-11-8-16(25)12-19(20)23(21)29/h1-13H,14H2,(H,26,28). The van der Waals surface area contributed by atoms with Crippen molar-refractivity contribution in [2.24, 2.45) is 0 Å². The highest BCUT2D eigenvalue weighted by Gasteiger charge is 2.24. The molecule has 0 aliphatic heterocycles. The van der Waals surface area contributed by atoms with E-state index in [1.165, 1.54) is 34.9 Å². The molecular weight excluding hydrogens is 455 g/mol. The van der Waals surface area contributed by atoms with Crippen LogP contribution < -0.4 is 10.7 Å². The molecule has 0 atom stereocenters. The first-order valence-electron chi connectivity index (χ1n) is 9.44. The van der Waals surface area contributed by atoms with Crippen LogP contribution in [0, 0.1) is 5.82 Å². The van der Waals surface area contributed by atoms with Crippen LogP contribution in [0.2, 0.25) is 5.02 Å². The monoisotopic (exact) mass is 470 g/mol. The summed E-state index contributed by atoms with van der Waals surface area (Å²) in [6, 6.07) is 17.5. The second-order valence-corrected chi connectivity index (χ2v) is 9.34. The van der Waals surface area contributed by atoms with Crippen molar-refractivity contribution in [2.75, 3.05) is 5.32 Å². The Morgan fingerprint density at radius 2 is 1.69 bits per heavy atom. The summed E-state index contributed by atoms with van der Waals surface area (Å²) in [5, 5.41) is 2.89. The Balaban J connectivity index is 1.84. The van der Waals surface area contributed by atoms with Crippen LogP contribution in [0.4, 0.5) is 10.1 Å². The maximum absolute atomic E-state index is 13.9. The highest BCUT2D eigenvalue weighted by atomic mass is 35.5. The summed E-state index contributed by atoms with van der Waals surface area (Å²) >= 11 is 5.84. The second-order valence-electron chi connectivity index (χ2n) is 6.98. The third-order valence-electron chi connectivity index (χ3n) is 4.79. The fourth-order valence-corrected chi connectivity index (χ4v) is 4.78. The SMILES string of the molecule is O=C(Cn1cc(S(=O)(=O)c2ccc(Cl)cc2)c(=O)c2cc(F)ccc21)Nc1ccccc1. The average Bonchev–Trinajstić information content (AvgIpc) is 2.76. The zero-order chi connectivity index (χ0) is 22.9. The lowest BCUT2D eigenvalue weighted by Crippen LogP contribution is -2.24. The van der Waals surface area contributed by atoms with Gasteiger partial charge in [0.1, 0.15) is 17.3 Å². The molecule has 1 N–H and O–H groups in total. The van der Waals surface area contributed by atoms with Gasteiger partial charge in [-0.15, -0.1) is 0 Å². The number of pyridine rings is 1. The number of fused-ring (bicyclic) bond motifs is 1. The topological polar surface area (TPSA) is 85.2 Å². The number of nitrogens with zero attached hydrogens (tertiary/aromatic N) is 1. The first-order valence-corrected chi connectivity index (χ1v) is 11.3. The van der Waals surface area contributed by atoms with E-state index in [1.807, 2.05) is 0 Å². The van der Waals surface area contributed by atoms with Gasteiger partial charge in [-0.3, -0.25) is 9.59 Å². The van der Waals surface area contributed by atoms with Gasteiger partial charge in [0.15, 0.2) is 0 Å².